The highest BCUT2D eigenvalue weighted by atomic mass is 19.1. The van der Waals surface area contributed by atoms with Crippen molar-refractivity contribution >= 4 is 17.4 Å². The molecule has 0 radical (unpaired) electrons. The van der Waals surface area contributed by atoms with E-state index in [2.05, 4.69) is 20.4 Å². The van der Waals surface area contributed by atoms with Gasteiger partial charge in [0.15, 0.2) is 5.82 Å². The van der Waals surface area contributed by atoms with Crippen LogP contribution in [0.4, 0.5) is 15.9 Å². The molecule has 132 valence electrons. The second kappa shape index (κ2) is 6.17. The number of aromatic amines is 1. The lowest BCUT2D eigenvalue weighted by Gasteiger charge is -2.26. The van der Waals surface area contributed by atoms with Gasteiger partial charge in [0.1, 0.15) is 5.82 Å². The van der Waals surface area contributed by atoms with Crippen LogP contribution in [0.2, 0.25) is 0 Å². The van der Waals surface area contributed by atoms with Crippen molar-refractivity contribution in [2.45, 2.75) is 45.4 Å². The Kier molecular flexibility index (Phi) is 3.98. The highest BCUT2D eigenvalue weighted by Crippen LogP contribution is 2.41. The number of H-pyrrole nitrogens is 1. The number of rotatable bonds is 3. The smallest absolute Gasteiger partial charge is 0.226 e. The number of halogens is 1. The topological polar surface area (TPSA) is 61.0 Å². The maximum atomic E-state index is 14.9. The second-order valence-electron chi connectivity index (χ2n) is 6.98. The average molecular weight is 342 g/mol. The molecule has 3 heterocycles. The molecule has 1 saturated heterocycles. The Labute approximate surface area is 146 Å². The van der Waals surface area contributed by atoms with Gasteiger partial charge in [-0.05, 0) is 49.4 Å². The van der Waals surface area contributed by atoms with E-state index in [1.807, 2.05) is 19.9 Å². The Morgan fingerprint density at radius 2 is 2.08 bits per heavy atom. The summed E-state index contributed by atoms with van der Waals surface area (Å²) in [6.45, 7) is 5.87. The molecule has 2 aromatic rings. The summed E-state index contributed by atoms with van der Waals surface area (Å²) in [5.74, 6) is 0.160. The van der Waals surface area contributed by atoms with Gasteiger partial charge in [-0.3, -0.25) is 9.89 Å². The second-order valence-corrected chi connectivity index (χ2v) is 6.98. The number of aryl methyl sites for hydroxylation is 2. The predicted octanol–water partition coefficient (Wildman–Crippen LogP) is 3.49. The van der Waals surface area contributed by atoms with Crippen molar-refractivity contribution in [1.82, 2.24) is 10.2 Å². The van der Waals surface area contributed by atoms with E-state index in [1.165, 1.54) is 0 Å². The third kappa shape index (κ3) is 2.69. The van der Waals surface area contributed by atoms with Crippen molar-refractivity contribution in [3.05, 3.63) is 40.3 Å². The van der Waals surface area contributed by atoms with Crippen molar-refractivity contribution in [2.75, 3.05) is 23.3 Å². The highest BCUT2D eigenvalue weighted by molar-refractivity contribution is 5.94. The summed E-state index contributed by atoms with van der Waals surface area (Å²) in [6, 6.07) is 3.57. The summed E-state index contributed by atoms with van der Waals surface area (Å²) in [4.78, 5) is 14.2. The van der Waals surface area contributed by atoms with Crippen molar-refractivity contribution in [2.24, 2.45) is 0 Å². The molecular weight excluding hydrogens is 319 g/mol. The molecule has 25 heavy (non-hydrogen) atoms. The fourth-order valence-corrected chi connectivity index (χ4v) is 4.12. The Hall–Kier alpha value is -2.37. The normalized spacial score (nSPS) is 19.9. The first-order valence-electron chi connectivity index (χ1n) is 9.00. The molecular formula is C19H23FN4O. The zero-order valence-corrected chi connectivity index (χ0v) is 14.7. The Morgan fingerprint density at radius 1 is 1.32 bits per heavy atom. The lowest BCUT2D eigenvalue weighted by molar-refractivity contribution is -0.116. The Morgan fingerprint density at radius 3 is 2.80 bits per heavy atom. The quantitative estimate of drug-likeness (QED) is 0.897. The molecule has 2 aliphatic rings. The third-order valence-electron chi connectivity index (χ3n) is 5.39. The summed E-state index contributed by atoms with van der Waals surface area (Å²) in [5.41, 5.74) is 4.59. The molecule has 2 aliphatic heterocycles. The molecule has 1 fully saturated rings. The lowest BCUT2D eigenvalue weighted by Crippen LogP contribution is -2.25. The first-order chi connectivity index (χ1) is 12.1. The molecule has 0 spiro atoms. The van der Waals surface area contributed by atoms with E-state index in [1.54, 1.807) is 6.07 Å². The molecule has 2 N–H and O–H groups in total. The zero-order chi connectivity index (χ0) is 17.6. The van der Waals surface area contributed by atoms with Gasteiger partial charge in [-0.25, -0.2) is 4.39 Å². The van der Waals surface area contributed by atoms with Crippen LogP contribution < -0.4 is 10.2 Å². The van der Waals surface area contributed by atoms with Crippen molar-refractivity contribution in [3.8, 4) is 0 Å². The summed E-state index contributed by atoms with van der Waals surface area (Å²) in [5, 5.41) is 10.1. The van der Waals surface area contributed by atoms with Gasteiger partial charge in [0, 0.05) is 36.7 Å². The minimum Gasteiger partial charge on any atom is -0.369 e. The standard InChI is InChI=1S/C19H23FN4O/c1-3-15-18-13(10-17(25)21-19(18)23-22-15)12-9-14(20)16(8-11(12)2)24-6-4-5-7-24/h8-9,13H,3-7,10H2,1-2H3,(H2,21,22,23,25). The van der Waals surface area contributed by atoms with E-state index in [9.17, 15) is 9.18 Å². The van der Waals surface area contributed by atoms with Crippen molar-refractivity contribution in [3.63, 3.8) is 0 Å². The number of fused-ring (bicyclic) bond motifs is 1. The third-order valence-corrected chi connectivity index (χ3v) is 5.39. The summed E-state index contributed by atoms with van der Waals surface area (Å²) >= 11 is 0. The van der Waals surface area contributed by atoms with E-state index in [0.29, 0.717) is 17.9 Å². The van der Waals surface area contributed by atoms with Gasteiger partial charge in [0.25, 0.3) is 0 Å². The SMILES string of the molecule is CCc1[nH]nc2c1C(c1cc(F)c(N3CCCC3)cc1C)CC(=O)N2. The van der Waals surface area contributed by atoms with Crippen LogP contribution in [0.15, 0.2) is 12.1 Å². The van der Waals surface area contributed by atoms with Gasteiger partial charge < -0.3 is 10.2 Å². The van der Waals surface area contributed by atoms with E-state index >= 15 is 0 Å². The fraction of sp³-hybridized carbons (Fsp3) is 0.474. The van der Waals surface area contributed by atoms with E-state index < -0.39 is 0 Å². The molecule has 6 heteroatoms. The maximum absolute atomic E-state index is 14.9. The number of aromatic nitrogens is 2. The number of carbonyl (C=O) groups is 1. The number of carbonyl (C=O) groups excluding carboxylic acids is 1. The number of anilines is 2. The van der Waals surface area contributed by atoms with Crippen LogP contribution in [0.25, 0.3) is 0 Å². The van der Waals surface area contributed by atoms with Gasteiger partial charge in [-0.15, -0.1) is 0 Å². The molecule has 0 bridgehead atoms. The minimum absolute atomic E-state index is 0.0740. The average Bonchev–Trinajstić information content (AvgIpc) is 3.25. The van der Waals surface area contributed by atoms with Gasteiger partial charge in [-0.2, -0.15) is 5.10 Å². The molecule has 1 unspecified atom stereocenters. The van der Waals surface area contributed by atoms with Crippen LogP contribution in [-0.4, -0.2) is 29.2 Å². The molecule has 1 amide bonds. The van der Waals surface area contributed by atoms with Crippen LogP contribution in [0.5, 0.6) is 0 Å². The van der Waals surface area contributed by atoms with Crippen molar-refractivity contribution < 1.29 is 9.18 Å². The first-order valence-corrected chi connectivity index (χ1v) is 9.00. The molecule has 0 aliphatic carbocycles. The number of hydrogen-bond donors (Lipinski definition) is 2. The van der Waals surface area contributed by atoms with Gasteiger partial charge >= 0.3 is 0 Å². The first kappa shape index (κ1) is 16.1. The molecule has 0 saturated carbocycles. The highest BCUT2D eigenvalue weighted by Gasteiger charge is 2.32. The molecule has 5 nitrogen and oxygen atoms in total. The number of nitrogens with zero attached hydrogens (tertiary/aromatic N) is 2. The van der Waals surface area contributed by atoms with Crippen LogP contribution in [0.1, 0.15) is 54.5 Å². The van der Waals surface area contributed by atoms with Crippen LogP contribution in [0.3, 0.4) is 0 Å². The van der Waals surface area contributed by atoms with Crippen molar-refractivity contribution in [1.29, 1.82) is 0 Å². The fourth-order valence-electron chi connectivity index (χ4n) is 4.12. The van der Waals surface area contributed by atoms with E-state index in [-0.39, 0.29) is 17.6 Å². The summed E-state index contributed by atoms with van der Waals surface area (Å²) in [6.07, 6.45) is 3.34. The maximum Gasteiger partial charge on any atom is 0.226 e. The monoisotopic (exact) mass is 342 g/mol. The van der Waals surface area contributed by atoms with E-state index in [0.717, 1.165) is 54.7 Å². The largest absolute Gasteiger partial charge is 0.369 e. The van der Waals surface area contributed by atoms with Gasteiger partial charge in [0.05, 0.1) is 5.69 Å². The van der Waals surface area contributed by atoms with Gasteiger partial charge in [0.2, 0.25) is 5.91 Å². The van der Waals surface area contributed by atoms with Gasteiger partial charge in [-0.1, -0.05) is 6.92 Å². The molecule has 1 aromatic heterocycles. The molecule has 1 atom stereocenters. The van der Waals surface area contributed by atoms with Crippen LogP contribution in [0, 0.1) is 12.7 Å². The summed E-state index contributed by atoms with van der Waals surface area (Å²) in [7, 11) is 0. The lowest BCUT2D eigenvalue weighted by atomic mass is 9.83. The number of nitrogens with one attached hydrogen (secondary N) is 2. The molecule has 4 rings (SSSR count). The molecule has 1 aromatic carbocycles. The van der Waals surface area contributed by atoms with Crippen LogP contribution >= 0.6 is 0 Å². The predicted molar refractivity (Wildman–Crippen MR) is 95.6 cm³/mol. The Bertz CT molecular complexity index is 823. The minimum atomic E-state index is -0.198. The zero-order valence-electron chi connectivity index (χ0n) is 14.7. The number of amides is 1. The Balaban J connectivity index is 1.78. The number of benzene rings is 1. The van der Waals surface area contributed by atoms with Crippen LogP contribution in [-0.2, 0) is 11.2 Å². The number of hydrogen-bond acceptors (Lipinski definition) is 3. The summed E-state index contributed by atoms with van der Waals surface area (Å²) < 4.78 is 14.9. The van der Waals surface area contributed by atoms with E-state index in [4.69, 9.17) is 0 Å².